The lowest BCUT2D eigenvalue weighted by Crippen LogP contribution is -2.48. The van der Waals surface area contributed by atoms with E-state index in [0.29, 0.717) is 25.9 Å². The highest BCUT2D eigenvalue weighted by molar-refractivity contribution is 5.79. The second kappa shape index (κ2) is 11.3. The normalized spacial score (nSPS) is 16.7. The molecular weight excluding hydrogens is 450 g/mol. The van der Waals surface area contributed by atoms with Crippen molar-refractivity contribution in [2.75, 3.05) is 32.8 Å². The number of benzene rings is 2. The van der Waals surface area contributed by atoms with Crippen LogP contribution in [0, 0.1) is 0 Å². The van der Waals surface area contributed by atoms with Crippen LogP contribution in [-0.2, 0) is 14.3 Å². The molecule has 2 aromatic carbocycles. The van der Waals surface area contributed by atoms with Crippen LogP contribution >= 0.6 is 0 Å². The molecule has 1 fully saturated rings. The number of aliphatic carboxylic acids is 1. The number of hydrogen-bond acceptors (Lipinski definition) is 6. The molecule has 2 aromatic rings. The van der Waals surface area contributed by atoms with Gasteiger partial charge in [0.1, 0.15) is 6.61 Å². The Kier molecular flexibility index (Phi) is 7.99. The number of ether oxygens (including phenoxy) is 1. The fourth-order valence-electron chi connectivity index (χ4n) is 4.81. The van der Waals surface area contributed by atoms with E-state index >= 15 is 0 Å². The van der Waals surface area contributed by atoms with Gasteiger partial charge in [0.25, 0.3) is 0 Å². The summed E-state index contributed by atoms with van der Waals surface area (Å²) >= 11 is 0. The molecule has 0 saturated carbocycles. The zero-order chi connectivity index (χ0) is 24.8. The van der Waals surface area contributed by atoms with Gasteiger partial charge in [-0.25, -0.2) is 4.79 Å². The highest BCUT2D eigenvalue weighted by Crippen LogP contribution is 2.44. The van der Waals surface area contributed by atoms with E-state index in [-0.39, 0.29) is 37.6 Å². The average Bonchev–Trinajstić information content (AvgIpc) is 3.16. The minimum atomic E-state index is -1.11. The summed E-state index contributed by atoms with van der Waals surface area (Å²) in [5.74, 6) is -1.36. The van der Waals surface area contributed by atoms with Crippen LogP contribution in [0.4, 0.5) is 4.79 Å². The summed E-state index contributed by atoms with van der Waals surface area (Å²) in [5.41, 5.74) is 4.71. The highest BCUT2D eigenvalue weighted by Gasteiger charge is 2.29. The molecule has 0 aromatic heterocycles. The molecule has 1 saturated heterocycles. The number of fused-ring (bicyclic) bond motifs is 3. The van der Waals surface area contributed by atoms with Gasteiger partial charge in [0.2, 0.25) is 5.91 Å². The number of rotatable bonds is 9. The van der Waals surface area contributed by atoms with Crippen molar-refractivity contribution in [3.05, 3.63) is 59.7 Å². The van der Waals surface area contributed by atoms with Crippen molar-refractivity contribution in [2.45, 2.75) is 37.3 Å². The van der Waals surface area contributed by atoms with Gasteiger partial charge in [0.15, 0.2) is 0 Å². The van der Waals surface area contributed by atoms with Gasteiger partial charge in [-0.1, -0.05) is 48.5 Å². The molecule has 186 valence electrons. The van der Waals surface area contributed by atoms with Crippen molar-refractivity contribution in [3.8, 4) is 11.1 Å². The Balaban J connectivity index is 1.18. The predicted molar refractivity (Wildman–Crippen MR) is 129 cm³/mol. The van der Waals surface area contributed by atoms with E-state index in [1.54, 1.807) is 0 Å². The van der Waals surface area contributed by atoms with Crippen molar-refractivity contribution in [1.82, 2.24) is 15.5 Å². The van der Waals surface area contributed by atoms with Crippen LogP contribution in [0.5, 0.6) is 0 Å². The number of aliphatic hydroxyl groups excluding tert-OH is 1. The summed E-state index contributed by atoms with van der Waals surface area (Å²) in [4.78, 5) is 37.1. The fraction of sp³-hybridized carbons (Fsp3) is 0.423. The van der Waals surface area contributed by atoms with Gasteiger partial charge in [0, 0.05) is 31.6 Å². The second-order valence-electron chi connectivity index (χ2n) is 9.08. The second-order valence-corrected chi connectivity index (χ2v) is 9.08. The Morgan fingerprint density at radius 3 is 2.20 bits per heavy atom. The van der Waals surface area contributed by atoms with Gasteiger partial charge in [-0.2, -0.15) is 0 Å². The fourth-order valence-corrected chi connectivity index (χ4v) is 4.81. The molecule has 1 aliphatic heterocycles. The van der Waals surface area contributed by atoms with Crippen LogP contribution in [0.15, 0.2) is 48.5 Å². The van der Waals surface area contributed by atoms with Crippen LogP contribution in [0.2, 0.25) is 0 Å². The molecule has 1 aliphatic carbocycles. The number of carboxylic acids is 1. The number of likely N-dealkylation sites (tertiary alicyclic amines) is 1. The number of carbonyl (C=O) groups is 3. The summed E-state index contributed by atoms with van der Waals surface area (Å²) in [6.07, 6.45) is -0.565. The lowest BCUT2D eigenvalue weighted by Gasteiger charge is -2.31. The van der Waals surface area contributed by atoms with E-state index in [0.717, 1.165) is 0 Å². The first-order valence-electron chi connectivity index (χ1n) is 11.9. The van der Waals surface area contributed by atoms with Crippen molar-refractivity contribution in [3.63, 3.8) is 0 Å². The van der Waals surface area contributed by atoms with Crippen molar-refractivity contribution < 1.29 is 29.3 Å². The maximum Gasteiger partial charge on any atom is 0.407 e. The Labute approximate surface area is 204 Å². The number of alkyl carbamates (subject to hydrolysis) is 1. The molecule has 9 heteroatoms. The number of carbonyl (C=O) groups excluding carboxylic acids is 2. The van der Waals surface area contributed by atoms with Gasteiger partial charge >= 0.3 is 12.1 Å². The third-order valence-electron chi connectivity index (χ3n) is 6.57. The summed E-state index contributed by atoms with van der Waals surface area (Å²) in [7, 11) is 0. The maximum atomic E-state index is 12.5. The average molecular weight is 482 g/mol. The Morgan fingerprint density at radius 2 is 1.60 bits per heavy atom. The topological polar surface area (TPSA) is 128 Å². The number of aliphatic hydroxyl groups is 1. The first kappa shape index (κ1) is 24.7. The summed E-state index contributed by atoms with van der Waals surface area (Å²) in [5, 5.41) is 23.7. The Hall–Kier alpha value is -3.43. The molecule has 2 aliphatic rings. The van der Waals surface area contributed by atoms with Crippen LogP contribution in [0.1, 0.15) is 36.3 Å². The molecular formula is C26H31N3O6. The van der Waals surface area contributed by atoms with Crippen LogP contribution in [-0.4, -0.2) is 78.0 Å². The van der Waals surface area contributed by atoms with Gasteiger partial charge in [-0.3, -0.25) is 14.5 Å². The maximum absolute atomic E-state index is 12.5. The minimum absolute atomic E-state index is 0.0162. The SMILES string of the molecule is O=C(O)CC(O)CNC(=O)CN1CCC(NC(=O)OCC2c3ccccc3-c3ccccc32)CC1. The number of carboxylic acid groups (broad SMARTS) is 1. The van der Waals surface area contributed by atoms with Gasteiger partial charge < -0.3 is 25.6 Å². The molecule has 0 radical (unpaired) electrons. The van der Waals surface area contributed by atoms with Crippen LogP contribution in [0.25, 0.3) is 11.1 Å². The van der Waals surface area contributed by atoms with E-state index in [1.165, 1.54) is 22.3 Å². The molecule has 1 atom stereocenters. The van der Waals surface area contributed by atoms with E-state index in [2.05, 4.69) is 34.9 Å². The smallest absolute Gasteiger partial charge is 0.407 e. The largest absolute Gasteiger partial charge is 0.481 e. The van der Waals surface area contributed by atoms with Gasteiger partial charge in [-0.15, -0.1) is 0 Å². The molecule has 9 nitrogen and oxygen atoms in total. The van der Waals surface area contributed by atoms with Crippen molar-refractivity contribution in [1.29, 1.82) is 0 Å². The monoisotopic (exact) mass is 481 g/mol. The minimum Gasteiger partial charge on any atom is -0.481 e. The van der Waals surface area contributed by atoms with Crippen molar-refractivity contribution in [2.24, 2.45) is 0 Å². The van der Waals surface area contributed by atoms with Gasteiger partial charge in [0.05, 0.1) is 19.1 Å². The van der Waals surface area contributed by atoms with Crippen LogP contribution < -0.4 is 10.6 Å². The molecule has 4 N–H and O–H groups in total. The van der Waals surface area contributed by atoms with Gasteiger partial charge in [-0.05, 0) is 35.1 Å². The predicted octanol–water partition coefficient (Wildman–Crippen LogP) is 1.94. The number of nitrogens with one attached hydrogen (secondary N) is 2. The summed E-state index contributed by atoms with van der Waals surface area (Å²) in [6, 6.07) is 16.4. The first-order chi connectivity index (χ1) is 16.9. The molecule has 1 unspecified atom stereocenters. The molecule has 0 spiro atoms. The zero-order valence-electron chi connectivity index (χ0n) is 19.5. The van der Waals surface area contributed by atoms with E-state index in [1.807, 2.05) is 29.2 Å². The summed E-state index contributed by atoms with van der Waals surface area (Å²) in [6.45, 7) is 1.62. The number of hydrogen-bond donors (Lipinski definition) is 4. The third kappa shape index (κ3) is 6.37. The molecule has 4 rings (SSSR count). The first-order valence-corrected chi connectivity index (χ1v) is 11.9. The molecule has 2 amide bonds. The van der Waals surface area contributed by atoms with E-state index < -0.39 is 24.6 Å². The molecule has 0 bridgehead atoms. The lowest BCUT2D eigenvalue weighted by molar-refractivity contribution is -0.139. The number of amides is 2. The third-order valence-corrected chi connectivity index (χ3v) is 6.57. The quantitative estimate of drug-likeness (QED) is 0.431. The zero-order valence-corrected chi connectivity index (χ0v) is 19.5. The summed E-state index contributed by atoms with van der Waals surface area (Å²) < 4.78 is 5.62. The molecule has 1 heterocycles. The standard InChI is InChI=1S/C26H31N3O6/c30-18(13-25(32)33)14-27-24(31)15-29-11-9-17(10-12-29)28-26(34)35-16-23-21-7-3-1-5-19(21)20-6-2-4-8-22(20)23/h1-8,17-18,23,30H,9-16H2,(H,27,31)(H,28,34)(H,32,33). The Morgan fingerprint density at radius 1 is 1.00 bits per heavy atom. The molecule has 35 heavy (non-hydrogen) atoms. The highest BCUT2D eigenvalue weighted by atomic mass is 16.5. The van der Waals surface area contributed by atoms with Crippen molar-refractivity contribution >= 4 is 18.0 Å². The lowest BCUT2D eigenvalue weighted by atomic mass is 9.98. The number of nitrogens with zero attached hydrogens (tertiary/aromatic N) is 1. The number of piperidine rings is 1. The van der Waals surface area contributed by atoms with Crippen LogP contribution in [0.3, 0.4) is 0 Å². The van der Waals surface area contributed by atoms with E-state index in [4.69, 9.17) is 9.84 Å². The van der Waals surface area contributed by atoms with E-state index in [9.17, 15) is 19.5 Å². The Bertz CT molecular complexity index is 1020.